The van der Waals surface area contributed by atoms with Crippen molar-refractivity contribution in [2.24, 2.45) is 5.73 Å². The van der Waals surface area contributed by atoms with E-state index < -0.39 is 54.5 Å². The number of H-pyrrole nitrogens is 1. The van der Waals surface area contributed by atoms with Gasteiger partial charge in [0.15, 0.2) is 0 Å². The molecule has 37 heavy (non-hydrogen) atoms. The Kier molecular flexibility index (Phi) is 12.8. The molecule has 0 saturated carbocycles. The number of aliphatic hydroxyl groups excluding tert-OH is 1. The summed E-state index contributed by atoms with van der Waals surface area (Å²) in [6, 6.07) is 2.92. The molecule has 1 heterocycles. The number of aromatic amines is 1. The highest BCUT2D eigenvalue weighted by Crippen LogP contribution is 2.19. The van der Waals surface area contributed by atoms with Gasteiger partial charge in [-0.05, 0) is 48.5 Å². The molecule has 204 valence electrons. The van der Waals surface area contributed by atoms with Crippen molar-refractivity contribution in [2.45, 2.75) is 43.4 Å². The van der Waals surface area contributed by atoms with Gasteiger partial charge in [-0.3, -0.25) is 14.4 Å². The number of thioether (sulfide) groups is 2. The van der Waals surface area contributed by atoms with Gasteiger partial charge in [0.25, 0.3) is 0 Å². The molecule has 1 aromatic heterocycles. The van der Waals surface area contributed by atoms with Crippen molar-refractivity contribution in [3.05, 3.63) is 36.0 Å². The fraction of sp³-hybridized carbons (Fsp3) is 0.500. The molecule has 3 amide bonds. The minimum absolute atomic E-state index is 0.00246. The second kappa shape index (κ2) is 15.5. The number of rotatable bonds is 16. The summed E-state index contributed by atoms with van der Waals surface area (Å²) in [5.41, 5.74) is 7.44. The number of hydrogen-bond donors (Lipinski definition) is 7. The number of carboxylic acid groups (broad SMARTS) is 1. The van der Waals surface area contributed by atoms with Crippen LogP contribution < -0.4 is 21.7 Å². The van der Waals surface area contributed by atoms with Crippen LogP contribution in [0.1, 0.15) is 18.4 Å². The minimum Gasteiger partial charge on any atom is -0.480 e. The fourth-order valence-corrected chi connectivity index (χ4v) is 4.58. The molecule has 11 nitrogen and oxygen atoms in total. The molecule has 1 aromatic carbocycles. The topological polar surface area (TPSA) is 187 Å². The summed E-state index contributed by atoms with van der Waals surface area (Å²) < 4.78 is 0. The molecule has 0 aliphatic heterocycles. The van der Waals surface area contributed by atoms with Crippen molar-refractivity contribution in [2.75, 3.05) is 30.6 Å². The van der Waals surface area contributed by atoms with Gasteiger partial charge in [0.1, 0.15) is 18.1 Å². The van der Waals surface area contributed by atoms with Crippen LogP contribution in [0, 0.1) is 0 Å². The lowest BCUT2D eigenvalue weighted by atomic mass is 10.0. The molecule has 0 fully saturated rings. The zero-order valence-corrected chi connectivity index (χ0v) is 22.5. The SMILES string of the molecule is CSCCC(N)C(=O)NC(CCSC)C(=O)NC(CO)C(=O)NC(Cc1c[nH]c2ccccc12)C(=O)O. The monoisotopic (exact) mass is 553 g/mol. The maximum absolute atomic E-state index is 12.9. The first-order valence-corrected chi connectivity index (χ1v) is 14.5. The van der Waals surface area contributed by atoms with Gasteiger partial charge in [0, 0.05) is 23.5 Å². The average Bonchev–Trinajstić information content (AvgIpc) is 3.29. The van der Waals surface area contributed by atoms with Crippen LogP contribution >= 0.6 is 23.5 Å². The predicted octanol–water partition coefficient (Wildman–Crippen LogP) is 0.0752. The molecule has 0 saturated heterocycles. The smallest absolute Gasteiger partial charge is 0.326 e. The third kappa shape index (κ3) is 9.26. The molecule has 0 radical (unpaired) electrons. The average molecular weight is 554 g/mol. The Morgan fingerprint density at radius 1 is 0.919 bits per heavy atom. The predicted molar refractivity (Wildman–Crippen MR) is 146 cm³/mol. The summed E-state index contributed by atoms with van der Waals surface area (Å²) in [5, 5.41) is 27.8. The summed E-state index contributed by atoms with van der Waals surface area (Å²) in [6.45, 7) is -0.757. The first-order valence-electron chi connectivity index (χ1n) is 11.7. The highest BCUT2D eigenvalue weighted by molar-refractivity contribution is 7.98. The van der Waals surface area contributed by atoms with E-state index in [1.165, 1.54) is 11.8 Å². The summed E-state index contributed by atoms with van der Waals surface area (Å²) in [7, 11) is 0. The third-order valence-corrected chi connectivity index (χ3v) is 7.03. The van der Waals surface area contributed by atoms with Crippen LogP contribution in [0.5, 0.6) is 0 Å². The molecule has 13 heteroatoms. The molecular formula is C24H35N5O6S2. The van der Waals surface area contributed by atoms with Crippen LogP contribution in [0.2, 0.25) is 0 Å². The zero-order chi connectivity index (χ0) is 27.4. The molecular weight excluding hydrogens is 518 g/mol. The van der Waals surface area contributed by atoms with Crippen LogP contribution in [0.25, 0.3) is 10.9 Å². The number of nitrogens with one attached hydrogen (secondary N) is 4. The van der Waals surface area contributed by atoms with Crippen LogP contribution in [0.3, 0.4) is 0 Å². The number of amides is 3. The van der Waals surface area contributed by atoms with E-state index in [-0.39, 0.29) is 12.8 Å². The summed E-state index contributed by atoms with van der Waals surface area (Å²) >= 11 is 3.03. The molecule has 0 aliphatic carbocycles. The lowest BCUT2D eigenvalue weighted by molar-refractivity contribution is -0.142. The van der Waals surface area contributed by atoms with E-state index in [2.05, 4.69) is 20.9 Å². The lowest BCUT2D eigenvalue weighted by Crippen LogP contribution is -2.58. The number of hydrogen-bond acceptors (Lipinski definition) is 8. The van der Waals surface area contributed by atoms with E-state index in [9.17, 15) is 29.4 Å². The molecule has 4 unspecified atom stereocenters. The van der Waals surface area contributed by atoms with Crippen molar-refractivity contribution in [1.82, 2.24) is 20.9 Å². The summed E-state index contributed by atoms with van der Waals surface area (Å²) in [6.07, 6.45) is 6.16. The number of aromatic nitrogens is 1. The molecule has 2 aromatic rings. The molecule has 2 rings (SSSR count). The number of carboxylic acids is 1. The quantitative estimate of drug-likeness (QED) is 0.151. The normalized spacial score (nSPS) is 14.4. The second-order valence-corrected chi connectivity index (χ2v) is 10.4. The first kappa shape index (κ1) is 30.5. The summed E-state index contributed by atoms with van der Waals surface area (Å²) in [4.78, 5) is 53.1. The molecule has 0 aliphatic rings. The second-order valence-electron chi connectivity index (χ2n) is 8.44. The summed E-state index contributed by atoms with van der Waals surface area (Å²) in [5.74, 6) is -2.02. The third-order valence-electron chi connectivity index (χ3n) is 5.74. The van der Waals surface area contributed by atoms with Crippen molar-refractivity contribution in [3.63, 3.8) is 0 Å². The standard InChI is InChI=1S/C24H35N5O6S2/c1-36-9-7-16(25)21(31)27-18(8-10-37-2)22(32)29-20(13-30)23(33)28-19(24(34)35)11-14-12-26-17-6-4-3-5-15(14)17/h3-6,12,16,18-20,26,30H,7-11,13,25H2,1-2H3,(H,27,31)(H,28,33)(H,29,32)(H,34,35). The fourth-order valence-electron chi connectivity index (χ4n) is 3.62. The Bertz CT molecular complexity index is 1070. The van der Waals surface area contributed by atoms with E-state index in [1.807, 2.05) is 36.8 Å². The number of fused-ring (bicyclic) bond motifs is 1. The van der Waals surface area contributed by atoms with E-state index in [4.69, 9.17) is 5.73 Å². The van der Waals surface area contributed by atoms with Gasteiger partial charge < -0.3 is 36.9 Å². The molecule has 0 bridgehead atoms. The highest BCUT2D eigenvalue weighted by atomic mass is 32.2. The van der Waals surface area contributed by atoms with Gasteiger partial charge in [-0.15, -0.1) is 0 Å². The Hall–Kier alpha value is -2.74. The number of nitrogens with two attached hydrogens (primary N) is 1. The highest BCUT2D eigenvalue weighted by Gasteiger charge is 2.30. The van der Waals surface area contributed by atoms with E-state index in [0.29, 0.717) is 23.5 Å². The maximum atomic E-state index is 12.9. The number of para-hydroxylation sites is 1. The number of carbonyl (C=O) groups excluding carboxylic acids is 3. The van der Waals surface area contributed by atoms with Crippen LogP contribution in [-0.2, 0) is 25.6 Å². The van der Waals surface area contributed by atoms with E-state index in [0.717, 1.165) is 10.9 Å². The molecule has 8 N–H and O–H groups in total. The number of aliphatic hydroxyl groups is 1. The van der Waals surface area contributed by atoms with Crippen molar-refractivity contribution < 1.29 is 29.4 Å². The Morgan fingerprint density at radius 3 is 2.16 bits per heavy atom. The van der Waals surface area contributed by atoms with Crippen molar-refractivity contribution in [3.8, 4) is 0 Å². The Morgan fingerprint density at radius 2 is 1.51 bits per heavy atom. The van der Waals surface area contributed by atoms with Crippen LogP contribution in [0.15, 0.2) is 30.5 Å². The van der Waals surface area contributed by atoms with Gasteiger partial charge in [-0.1, -0.05) is 18.2 Å². The van der Waals surface area contributed by atoms with Gasteiger partial charge >= 0.3 is 5.97 Å². The van der Waals surface area contributed by atoms with Gasteiger partial charge in [0.2, 0.25) is 17.7 Å². The zero-order valence-electron chi connectivity index (χ0n) is 20.9. The van der Waals surface area contributed by atoms with Crippen molar-refractivity contribution >= 4 is 58.1 Å². The number of carbonyl (C=O) groups is 4. The molecule has 0 spiro atoms. The van der Waals surface area contributed by atoms with Crippen LogP contribution in [0.4, 0.5) is 0 Å². The van der Waals surface area contributed by atoms with E-state index in [1.54, 1.807) is 18.0 Å². The number of benzene rings is 1. The first-order chi connectivity index (χ1) is 17.7. The van der Waals surface area contributed by atoms with Crippen LogP contribution in [-0.4, -0.2) is 93.7 Å². The van der Waals surface area contributed by atoms with E-state index >= 15 is 0 Å². The van der Waals surface area contributed by atoms with Gasteiger partial charge in [0.05, 0.1) is 12.6 Å². The number of aliphatic carboxylic acids is 1. The maximum Gasteiger partial charge on any atom is 0.326 e. The molecule has 4 atom stereocenters. The van der Waals surface area contributed by atoms with Gasteiger partial charge in [-0.2, -0.15) is 23.5 Å². The largest absolute Gasteiger partial charge is 0.480 e. The minimum atomic E-state index is -1.41. The Labute approximate surface area is 224 Å². The lowest BCUT2D eigenvalue weighted by Gasteiger charge is -2.24. The van der Waals surface area contributed by atoms with Crippen molar-refractivity contribution in [1.29, 1.82) is 0 Å². The Balaban J connectivity index is 2.06. The van der Waals surface area contributed by atoms with Gasteiger partial charge in [-0.25, -0.2) is 4.79 Å².